The summed E-state index contributed by atoms with van der Waals surface area (Å²) in [6.45, 7) is 0.393. The molecule has 1 N–H and O–H groups in total. The third-order valence-corrected chi connectivity index (χ3v) is 3.09. The van der Waals surface area contributed by atoms with Crippen LogP contribution in [-0.4, -0.2) is 44.0 Å². The number of nitrogens with zero attached hydrogens (tertiary/aromatic N) is 5. The van der Waals surface area contributed by atoms with E-state index in [1.54, 1.807) is 25.2 Å². The first-order chi connectivity index (χ1) is 9.56. The summed E-state index contributed by atoms with van der Waals surface area (Å²) in [5.41, 5.74) is 1.57. The van der Waals surface area contributed by atoms with Crippen LogP contribution < -0.4 is 5.32 Å². The van der Waals surface area contributed by atoms with Gasteiger partial charge in [-0.05, 0) is 23.4 Å². The predicted octanol–water partition coefficient (Wildman–Crippen LogP) is 0.0480. The lowest BCUT2D eigenvalue weighted by atomic mass is 10.1. The first-order valence-electron chi connectivity index (χ1n) is 5.99. The van der Waals surface area contributed by atoms with Gasteiger partial charge < -0.3 is 5.32 Å². The Hall–Kier alpha value is -2.77. The molecular weight excluding hydrogens is 260 g/mol. The molecule has 0 radical (unpaired) electrons. The second-order valence-electron chi connectivity index (χ2n) is 4.48. The van der Waals surface area contributed by atoms with Crippen LogP contribution in [-0.2, 0) is 13.6 Å². The molecule has 0 aliphatic carbocycles. The van der Waals surface area contributed by atoms with Gasteiger partial charge in [0.05, 0.1) is 24.7 Å². The minimum absolute atomic E-state index is 0.271. The number of tetrazole rings is 1. The number of amides is 2. The fourth-order valence-electron chi connectivity index (χ4n) is 2.05. The molecule has 1 aliphatic rings. The first kappa shape index (κ1) is 12.3. The maximum atomic E-state index is 11.9. The van der Waals surface area contributed by atoms with Crippen molar-refractivity contribution in [1.29, 1.82) is 0 Å². The molecule has 0 unspecified atom stereocenters. The Bertz CT molecular complexity index is 708. The lowest BCUT2D eigenvalue weighted by Gasteiger charge is -2.04. The molecule has 8 nitrogen and oxygen atoms in total. The molecule has 2 amide bonds. The average molecular weight is 272 g/mol. The minimum Gasteiger partial charge on any atom is -0.378 e. The van der Waals surface area contributed by atoms with Crippen LogP contribution in [0.15, 0.2) is 18.2 Å². The molecule has 0 bridgehead atoms. The largest absolute Gasteiger partial charge is 0.378 e. The zero-order chi connectivity index (χ0) is 14.3. The summed E-state index contributed by atoms with van der Waals surface area (Å²) < 4.78 is 0. The Labute approximate surface area is 114 Å². The van der Waals surface area contributed by atoms with Gasteiger partial charge in [-0.1, -0.05) is 0 Å². The number of nitrogens with one attached hydrogen (secondary N) is 1. The third-order valence-electron chi connectivity index (χ3n) is 3.09. The molecule has 8 heteroatoms. The second kappa shape index (κ2) is 4.41. The van der Waals surface area contributed by atoms with Crippen molar-refractivity contribution in [1.82, 2.24) is 25.1 Å². The summed E-state index contributed by atoms with van der Waals surface area (Å²) in [4.78, 5) is 26.1. The number of anilines is 1. The molecule has 102 valence electrons. The summed E-state index contributed by atoms with van der Waals surface area (Å²) in [6.07, 6.45) is 0. The topological polar surface area (TPSA) is 93.0 Å². The molecule has 1 aliphatic heterocycles. The van der Waals surface area contributed by atoms with Gasteiger partial charge in [0.2, 0.25) is 0 Å². The predicted molar refractivity (Wildman–Crippen MR) is 69.0 cm³/mol. The number of rotatable bonds is 3. The fraction of sp³-hybridized carbons (Fsp3) is 0.250. The van der Waals surface area contributed by atoms with E-state index in [2.05, 4.69) is 20.7 Å². The number of aryl methyl sites for hydroxylation is 1. The van der Waals surface area contributed by atoms with Gasteiger partial charge >= 0.3 is 0 Å². The monoisotopic (exact) mass is 272 g/mol. The standard InChI is InChI=1S/C12H12N6O2/c1-17-11(19)8-4-3-7(5-9(8)12(17)20)13-6-10-14-16-18(2)15-10/h3-5,13H,6H2,1-2H3. The van der Waals surface area contributed by atoms with Crippen LogP contribution in [0, 0.1) is 0 Å². The van der Waals surface area contributed by atoms with Crippen molar-refractivity contribution in [3.63, 3.8) is 0 Å². The first-order valence-corrected chi connectivity index (χ1v) is 5.99. The van der Waals surface area contributed by atoms with E-state index < -0.39 is 0 Å². The molecular formula is C12H12N6O2. The van der Waals surface area contributed by atoms with Crippen molar-refractivity contribution in [3.05, 3.63) is 35.2 Å². The number of carbonyl (C=O) groups excluding carboxylic acids is 2. The van der Waals surface area contributed by atoms with E-state index in [1.165, 1.54) is 11.8 Å². The lowest BCUT2D eigenvalue weighted by molar-refractivity contribution is 0.0693. The molecule has 0 fully saturated rings. The van der Waals surface area contributed by atoms with Crippen LogP contribution >= 0.6 is 0 Å². The van der Waals surface area contributed by atoms with Gasteiger partial charge in [0.25, 0.3) is 11.8 Å². The van der Waals surface area contributed by atoms with Crippen molar-refractivity contribution in [2.24, 2.45) is 7.05 Å². The molecule has 0 atom stereocenters. The molecule has 2 aromatic rings. The molecule has 0 saturated carbocycles. The maximum Gasteiger partial charge on any atom is 0.261 e. The Kier molecular flexibility index (Phi) is 2.70. The minimum atomic E-state index is -0.286. The van der Waals surface area contributed by atoms with Gasteiger partial charge in [0.1, 0.15) is 0 Å². The van der Waals surface area contributed by atoms with Crippen LogP contribution in [0.25, 0.3) is 0 Å². The number of fused-ring (bicyclic) bond motifs is 1. The van der Waals surface area contributed by atoms with E-state index >= 15 is 0 Å². The van der Waals surface area contributed by atoms with E-state index in [-0.39, 0.29) is 11.8 Å². The Morgan fingerprint density at radius 2 is 1.90 bits per heavy atom. The maximum absolute atomic E-state index is 11.9. The third kappa shape index (κ3) is 1.91. The zero-order valence-corrected chi connectivity index (χ0v) is 11.0. The van der Waals surface area contributed by atoms with Gasteiger partial charge in [-0.15, -0.1) is 10.2 Å². The van der Waals surface area contributed by atoms with Crippen LogP contribution in [0.5, 0.6) is 0 Å². The summed E-state index contributed by atoms with van der Waals surface area (Å²) in [6, 6.07) is 5.06. The summed E-state index contributed by atoms with van der Waals surface area (Å²) in [7, 11) is 3.16. The highest BCUT2D eigenvalue weighted by atomic mass is 16.2. The van der Waals surface area contributed by atoms with Crippen molar-refractivity contribution >= 4 is 17.5 Å². The quantitative estimate of drug-likeness (QED) is 0.793. The summed E-state index contributed by atoms with van der Waals surface area (Å²) in [5, 5.41) is 14.7. The number of hydrogen-bond donors (Lipinski definition) is 1. The smallest absolute Gasteiger partial charge is 0.261 e. The van der Waals surface area contributed by atoms with Crippen molar-refractivity contribution in [2.45, 2.75) is 6.54 Å². The number of carbonyl (C=O) groups is 2. The van der Waals surface area contributed by atoms with E-state index in [9.17, 15) is 9.59 Å². The highest BCUT2D eigenvalue weighted by Gasteiger charge is 2.32. The average Bonchev–Trinajstić information content (AvgIpc) is 2.95. The second-order valence-corrected chi connectivity index (χ2v) is 4.48. The van der Waals surface area contributed by atoms with Crippen LogP contribution in [0.2, 0.25) is 0 Å². The number of aromatic nitrogens is 4. The van der Waals surface area contributed by atoms with E-state index in [0.717, 1.165) is 10.6 Å². The molecule has 1 aromatic heterocycles. The van der Waals surface area contributed by atoms with Gasteiger partial charge in [0, 0.05) is 12.7 Å². The molecule has 2 heterocycles. The zero-order valence-electron chi connectivity index (χ0n) is 11.0. The number of benzene rings is 1. The molecule has 0 spiro atoms. The highest BCUT2D eigenvalue weighted by Crippen LogP contribution is 2.24. The number of imide groups is 1. The highest BCUT2D eigenvalue weighted by molar-refractivity contribution is 6.21. The normalized spacial score (nSPS) is 13.8. The number of hydrogen-bond acceptors (Lipinski definition) is 6. The lowest BCUT2D eigenvalue weighted by Crippen LogP contribution is -2.24. The Morgan fingerprint density at radius 3 is 2.60 bits per heavy atom. The van der Waals surface area contributed by atoms with Crippen LogP contribution in [0.1, 0.15) is 26.5 Å². The van der Waals surface area contributed by atoms with Gasteiger partial charge in [-0.3, -0.25) is 14.5 Å². The molecule has 0 saturated heterocycles. The molecule has 20 heavy (non-hydrogen) atoms. The van der Waals surface area contributed by atoms with E-state index in [4.69, 9.17) is 0 Å². The summed E-state index contributed by atoms with van der Waals surface area (Å²) >= 11 is 0. The van der Waals surface area contributed by atoms with Crippen LogP contribution in [0.4, 0.5) is 5.69 Å². The Balaban J connectivity index is 1.80. The van der Waals surface area contributed by atoms with Crippen molar-refractivity contribution in [3.8, 4) is 0 Å². The van der Waals surface area contributed by atoms with Gasteiger partial charge in [-0.25, -0.2) is 0 Å². The van der Waals surface area contributed by atoms with Crippen molar-refractivity contribution < 1.29 is 9.59 Å². The van der Waals surface area contributed by atoms with E-state index in [0.29, 0.717) is 23.5 Å². The van der Waals surface area contributed by atoms with Gasteiger partial charge in [0.15, 0.2) is 5.82 Å². The Morgan fingerprint density at radius 1 is 1.15 bits per heavy atom. The van der Waals surface area contributed by atoms with E-state index in [1.807, 2.05) is 0 Å². The molecule has 3 rings (SSSR count). The SMILES string of the molecule is CN1C(=O)c2ccc(NCc3nnn(C)n3)cc2C1=O. The van der Waals surface area contributed by atoms with Crippen LogP contribution in [0.3, 0.4) is 0 Å². The molecule has 1 aromatic carbocycles. The summed E-state index contributed by atoms with van der Waals surface area (Å²) in [5.74, 6) is -0.00839. The fourth-order valence-corrected chi connectivity index (χ4v) is 2.05. The van der Waals surface area contributed by atoms with Gasteiger partial charge in [-0.2, -0.15) is 4.80 Å². The van der Waals surface area contributed by atoms with Crippen molar-refractivity contribution in [2.75, 3.05) is 12.4 Å².